The van der Waals surface area contributed by atoms with Gasteiger partial charge in [0.05, 0.1) is 30.5 Å². The number of hydrogen-bond acceptors (Lipinski definition) is 5. The van der Waals surface area contributed by atoms with Crippen molar-refractivity contribution in [1.29, 1.82) is 0 Å². The highest BCUT2D eigenvalue weighted by Gasteiger charge is 2.16. The molecule has 8 heteroatoms. The van der Waals surface area contributed by atoms with Gasteiger partial charge in [0.1, 0.15) is 5.69 Å². The summed E-state index contributed by atoms with van der Waals surface area (Å²) in [7, 11) is 1.81. The summed E-state index contributed by atoms with van der Waals surface area (Å²) in [5, 5.41) is 2.51. The lowest BCUT2D eigenvalue weighted by molar-refractivity contribution is -0.115. The number of carbonyl (C=O) groups is 1. The number of aryl methyl sites for hydroxylation is 1. The molecule has 3 aromatic rings. The molecule has 0 saturated heterocycles. The van der Waals surface area contributed by atoms with Gasteiger partial charge >= 0.3 is 0 Å². The van der Waals surface area contributed by atoms with Crippen molar-refractivity contribution in [2.45, 2.75) is 6.42 Å². The summed E-state index contributed by atoms with van der Waals surface area (Å²) >= 11 is 0. The summed E-state index contributed by atoms with van der Waals surface area (Å²) in [6.07, 6.45) is 2.88. The molecule has 2 heterocycles. The van der Waals surface area contributed by atoms with E-state index in [-0.39, 0.29) is 23.8 Å². The maximum Gasteiger partial charge on any atom is 0.276 e. The number of nitrogens with one attached hydrogen (secondary N) is 2. The van der Waals surface area contributed by atoms with Crippen LogP contribution in [-0.4, -0.2) is 25.4 Å². The molecule has 24 heavy (non-hydrogen) atoms. The summed E-state index contributed by atoms with van der Waals surface area (Å²) in [6.45, 7) is 0. The van der Waals surface area contributed by atoms with E-state index in [1.165, 1.54) is 6.33 Å². The van der Waals surface area contributed by atoms with Crippen LogP contribution in [0.4, 0.5) is 11.5 Å². The lowest BCUT2D eigenvalue weighted by Gasteiger charge is -2.08. The third kappa shape index (κ3) is 3.02. The lowest BCUT2D eigenvalue weighted by Crippen LogP contribution is -2.24. The number of hydrogen-bond donors (Lipinski definition) is 3. The van der Waals surface area contributed by atoms with Crippen molar-refractivity contribution >= 4 is 17.4 Å². The number of imidazole rings is 1. The van der Waals surface area contributed by atoms with Gasteiger partial charge in [-0.2, -0.15) is 0 Å². The van der Waals surface area contributed by atoms with Crippen LogP contribution in [0, 0.1) is 0 Å². The number of nitrogens with two attached hydrogens (primary N) is 1. The first-order valence-electron chi connectivity index (χ1n) is 7.25. The Kier molecular flexibility index (Phi) is 4.11. The average Bonchev–Trinajstić information content (AvgIpc) is 2.93. The van der Waals surface area contributed by atoms with E-state index in [9.17, 15) is 9.59 Å². The third-order valence-electron chi connectivity index (χ3n) is 3.58. The molecular weight excluding hydrogens is 308 g/mol. The van der Waals surface area contributed by atoms with E-state index in [0.717, 1.165) is 17.0 Å². The largest absolute Gasteiger partial charge is 0.382 e. The number of nitrogen functional groups attached to an aromatic ring is 1. The first-order chi connectivity index (χ1) is 11.6. The molecule has 0 spiro atoms. The SMILES string of the molecule is Cn1cnc(-c2ccccc2)c1CC(=O)Nc1c(N)nc[nH]c1=O. The van der Waals surface area contributed by atoms with E-state index in [1.54, 1.807) is 10.9 Å². The van der Waals surface area contributed by atoms with Crippen molar-refractivity contribution in [2.24, 2.45) is 7.05 Å². The Bertz CT molecular complexity index is 929. The zero-order valence-corrected chi connectivity index (χ0v) is 13.0. The smallest absolute Gasteiger partial charge is 0.276 e. The molecule has 0 aliphatic heterocycles. The Hall–Kier alpha value is -3.42. The normalized spacial score (nSPS) is 10.5. The van der Waals surface area contributed by atoms with Gasteiger partial charge in [-0.3, -0.25) is 9.59 Å². The minimum absolute atomic E-state index is 0.0274. The van der Waals surface area contributed by atoms with E-state index in [1.807, 2.05) is 37.4 Å². The predicted molar refractivity (Wildman–Crippen MR) is 90.2 cm³/mol. The van der Waals surface area contributed by atoms with Crippen LogP contribution in [0.1, 0.15) is 5.69 Å². The lowest BCUT2D eigenvalue weighted by atomic mass is 10.1. The second kappa shape index (κ2) is 6.37. The summed E-state index contributed by atoms with van der Waals surface area (Å²) in [5.74, 6) is -0.402. The fourth-order valence-corrected chi connectivity index (χ4v) is 2.37. The molecule has 0 bridgehead atoms. The molecule has 1 amide bonds. The molecule has 0 atom stereocenters. The second-order valence-electron chi connectivity index (χ2n) is 5.23. The first kappa shape index (κ1) is 15.5. The van der Waals surface area contributed by atoms with Crippen LogP contribution in [0.25, 0.3) is 11.3 Å². The van der Waals surface area contributed by atoms with Gasteiger partial charge in [-0.1, -0.05) is 30.3 Å². The molecule has 0 aliphatic rings. The number of anilines is 2. The van der Waals surface area contributed by atoms with E-state index in [2.05, 4.69) is 20.3 Å². The molecule has 2 aromatic heterocycles. The maximum absolute atomic E-state index is 12.3. The Labute approximate surface area is 137 Å². The van der Waals surface area contributed by atoms with Gasteiger partial charge < -0.3 is 20.6 Å². The van der Waals surface area contributed by atoms with E-state index in [4.69, 9.17) is 5.73 Å². The van der Waals surface area contributed by atoms with E-state index in [0.29, 0.717) is 0 Å². The summed E-state index contributed by atoms with van der Waals surface area (Å²) in [5.41, 5.74) is 7.46. The number of aromatic nitrogens is 4. The fraction of sp³-hybridized carbons (Fsp3) is 0.125. The van der Waals surface area contributed by atoms with Crippen molar-refractivity contribution in [3.63, 3.8) is 0 Å². The highest BCUT2D eigenvalue weighted by atomic mass is 16.2. The summed E-state index contributed by atoms with van der Waals surface area (Å²) in [6, 6.07) is 9.57. The van der Waals surface area contributed by atoms with Crippen LogP contribution in [0.3, 0.4) is 0 Å². The Morgan fingerprint density at radius 1 is 1.29 bits per heavy atom. The molecule has 0 saturated carbocycles. The molecule has 8 nitrogen and oxygen atoms in total. The number of rotatable bonds is 4. The minimum atomic E-state index is -0.496. The highest BCUT2D eigenvalue weighted by molar-refractivity contribution is 5.94. The number of H-pyrrole nitrogens is 1. The first-order valence-corrected chi connectivity index (χ1v) is 7.25. The topological polar surface area (TPSA) is 119 Å². The van der Waals surface area contributed by atoms with Crippen LogP contribution in [0.5, 0.6) is 0 Å². The molecule has 0 fully saturated rings. The number of aromatic amines is 1. The molecule has 4 N–H and O–H groups in total. The second-order valence-corrected chi connectivity index (χ2v) is 5.23. The van der Waals surface area contributed by atoms with Crippen molar-refractivity contribution in [3.8, 4) is 11.3 Å². The Morgan fingerprint density at radius 2 is 2.04 bits per heavy atom. The molecule has 0 unspecified atom stereocenters. The quantitative estimate of drug-likeness (QED) is 0.660. The molecule has 0 radical (unpaired) electrons. The number of carbonyl (C=O) groups excluding carboxylic acids is 1. The third-order valence-corrected chi connectivity index (χ3v) is 3.58. The summed E-state index contributed by atoms with van der Waals surface area (Å²) in [4.78, 5) is 34.6. The number of nitrogens with zero attached hydrogens (tertiary/aromatic N) is 3. The maximum atomic E-state index is 12.3. The average molecular weight is 324 g/mol. The van der Waals surface area contributed by atoms with Gasteiger partial charge in [-0.15, -0.1) is 0 Å². The Morgan fingerprint density at radius 3 is 2.75 bits per heavy atom. The van der Waals surface area contributed by atoms with Gasteiger partial charge in [0.25, 0.3) is 5.56 Å². The zero-order valence-electron chi connectivity index (χ0n) is 13.0. The van der Waals surface area contributed by atoms with Gasteiger partial charge in [-0.25, -0.2) is 9.97 Å². The molecular formula is C16H16N6O2. The van der Waals surface area contributed by atoms with Gasteiger partial charge in [0.2, 0.25) is 5.91 Å². The molecule has 122 valence electrons. The van der Waals surface area contributed by atoms with Crippen LogP contribution in [0.2, 0.25) is 0 Å². The molecule has 0 aliphatic carbocycles. The van der Waals surface area contributed by atoms with Crippen LogP contribution < -0.4 is 16.6 Å². The summed E-state index contributed by atoms with van der Waals surface area (Å²) < 4.78 is 1.78. The van der Waals surface area contributed by atoms with E-state index >= 15 is 0 Å². The fourth-order valence-electron chi connectivity index (χ4n) is 2.37. The van der Waals surface area contributed by atoms with Crippen LogP contribution in [0.15, 0.2) is 47.8 Å². The zero-order chi connectivity index (χ0) is 17.1. The molecule has 3 rings (SSSR count). The van der Waals surface area contributed by atoms with Gasteiger partial charge in [0.15, 0.2) is 5.82 Å². The predicted octanol–water partition coefficient (Wildman–Crippen LogP) is 0.934. The standard InChI is InChI=1S/C16H16N6O2/c1-22-9-20-13(10-5-3-2-4-6-10)11(22)7-12(23)21-14-15(17)18-8-19-16(14)24/h2-6,8-9H,7H2,1H3,(H,21,23)(H3,17,18,19,24). The highest BCUT2D eigenvalue weighted by Crippen LogP contribution is 2.22. The van der Waals surface area contributed by atoms with Crippen LogP contribution in [-0.2, 0) is 18.3 Å². The molecule has 1 aromatic carbocycles. The van der Waals surface area contributed by atoms with Crippen molar-refractivity contribution in [3.05, 3.63) is 59.0 Å². The minimum Gasteiger partial charge on any atom is -0.382 e. The van der Waals surface area contributed by atoms with Crippen molar-refractivity contribution in [2.75, 3.05) is 11.1 Å². The Balaban J connectivity index is 1.86. The van der Waals surface area contributed by atoms with Crippen molar-refractivity contribution in [1.82, 2.24) is 19.5 Å². The monoisotopic (exact) mass is 324 g/mol. The van der Waals surface area contributed by atoms with Crippen LogP contribution >= 0.6 is 0 Å². The van der Waals surface area contributed by atoms with Gasteiger partial charge in [0, 0.05) is 12.6 Å². The van der Waals surface area contributed by atoms with Crippen molar-refractivity contribution < 1.29 is 4.79 Å². The number of amides is 1. The van der Waals surface area contributed by atoms with E-state index < -0.39 is 5.56 Å². The van der Waals surface area contributed by atoms with Gasteiger partial charge in [-0.05, 0) is 0 Å². The number of benzene rings is 1.